The molecule has 3 atom stereocenters. The fourth-order valence-corrected chi connectivity index (χ4v) is 4.30. The predicted molar refractivity (Wildman–Crippen MR) is 103 cm³/mol. The zero-order valence-corrected chi connectivity index (χ0v) is 17.1. The summed E-state index contributed by atoms with van der Waals surface area (Å²) in [7, 11) is 0. The van der Waals surface area contributed by atoms with Crippen LogP contribution in [0.15, 0.2) is 0 Å². The van der Waals surface area contributed by atoms with Gasteiger partial charge in [0.25, 0.3) is 0 Å². The molecule has 0 radical (unpaired) electrons. The van der Waals surface area contributed by atoms with Crippen molar-refractivity contribution in [1.82, 2.24) is 5.32 Å². The lowest BCUT2D eigenvalue weighted by atomic mass is 9.54. The number of hydrogen-bond donors (Lipinski definition) is 2. The summed E-state index contributed by atoms with van der Waals surface area (Å²) in [5.41, 5.74) is 5.25. The highest BCUT2D eigenvalue weighted by molar-refractivity contribution is 5.88. The van der Waals surface area contributed by atoms with Crippen molar-refractivity contribution in [2.75, 3.05) is 19.8 Å². The Hall–Kier alpha value is -0.360. The highest BCUT2D eigenvalue weighted by atomic mass is 35.5. The highest BCUT2D eigenvalue weighted by Crippen LogP contribution is 2.49. The Morgan fingerprint density at radius 2 is 1.88 bits per heavy atom. The van der Waals surface area contributed by atoms with Crippen molar-refractivity contribution in [1.29, 1.82) is 0 Å². The van der Waals surface area contributed by atoms with Gasteiger partial charge in [-0.25, -0.2) is 0 Å². The lowest BCUT2D eigenvalue weighted by Crippen LogP contribution is -2.75. The topological polar surface area (TPSA) is 73.6 Å². The van der Waals surface area contributed by atoms with Gasteiger partial charge in [0.15, 0.2) is 0 Å². The van der Waals surface area contributed by atoms with E-state index in [0.29, 0.717) is 25.5 Å². The summed E-state index contributed by atoms with van der Waals surface area (Å²) in [4.78, 5) is 12.6. The second-order valence-electron chi connectivity index (χ2n) is 7.92. The summed E-state index contributed by atoms with van der Waals surface area (Å²) in [6, 6.07) is 0. The fourth-order valence-electron chi connectivity index (χ4n) is 4.30. The maximum Gasteiger partial charge on any atom is 0.240 e. The third-order valence-corrected chi connectivity index (χ3v) is 6.26. The summed E-state index contributed by atoms with van der Waals surface area (Å²) in [6.45, 7) is 10.1. The maximum atomic E-state index is 12.6. The number of halogens is 1. The molecule has 0 saturated heterocycles. The van der Waals surface area contributed by atoms with E-state index in [2.05, 4.69) is 5.32 Å². The second kappa shape index (κ2) is 9.54. The first-order valence-corrected chi connectivity index (χ1v) is 9.67. The Labute approximate surface area is 159 Å². The van der Waals surface area contributed by atoms with Crippen LogP contribution < -0.4 is 11.1 Å². The molecular weight excluding hydrogens is 340 g/mol. The molecular formula is C19H37ClN2O3. The van der Waals surface area contributed by atoms with Gasteiger partial charge in [-0.2, -0.15) is 0 Å². The first kappa shape index (κ1) is 22.7. The lowest BCUT2D eigenvalue weighted by Gasteiger charge is -2.57. The van der Waals surface area contributed by atoms with Crippen LogP contribution in [-0.4, -0.2) is 43.4 Å². The minimum Gasteiger partial charge on any atom is -0.378 e. The minimum atomic E-state index is -0.832. The van der Waals surface area contributed by atoms with E-state index in [1.54, 1.807) is 0 Å². The van der Waals surface area contributed by atoms with Gasteiger partial charge in [-0.05, 0) is 39.0 Å². The summed E-state index contributed by atoms with van der Waals surface area (Å²) < 4.78 is 11.6. The van der Waals surface area contributed by atoms with Gasteiger partial charge in [0, 0.05) is 31.6 Å². The van der Waals surface area contributed by atoms with E-state index in [9.17, 15) is 4.79 Å². The standard InChI is InChI=1S/C19H36N2O3.ClH/c1-5-23-15(14-9-7-8-10-14)11-12-21-17(22)19(20)13-16(24-6-2)18(19,3)4;/h14-16H,5-13,20H2,1-4H3,(H,21,22);1H. The van der Waals surface area contributed by atoms with Gasteiger partial charge in [-0.15, -0.1) is 12.4 Å². The minimum absolute atomic E-state index is 0. The summed E-state index contributed by atoms with van der Waals surface area (Å²) in [5, 5.41) is 3.06. The molecule has 0 bridgehead atoms. The number of carbonyl (C=O) groups is 1. The van der Waals surface area contributed by atoms with Crippen molar-refractivity contribution >= 4 is 18.3 Å². The molecule has 2 aliphatic carbocycles. The van der Waals surface area contributed by atoms with E-state index < -0.39 is 5.54 Å². The first-order valence-electron chi connectivity index (χ1n) is 9.67. The smallest absolute Gasteiger partial charge is 0.240 e. The number of hydrogen-bond acceptors (Lipinski definition) is 4. The first-order chi connectivity index (χ1) is 11.4. The Kier molecular flexibility index (Phi) is 8.65. The molecule has 0 spiro atoms. The average Bonchev–Trinajstić information content (AvgIpc) is 3.07. The van der Waals surface area contributed by atoms with E-state index >= 15 is 0 Å². The molecule has 0 aromatic heterocycles. The molecule has 2 saturated carbocycles. The molecule has 3 N–H and O–H groups in total. The molecule has 2 aliphatic rings. The van der Waals surface area contributed by atoms with Gasteiger partial charge < -0.3 is 20.5 Å². The summed E-state index contributed by atoms with van der Waals surface area (Å²) in [6.07, 6.45) is 6.90. The molecule has 5 nitrogen and oxygen atoms in total. The predicted octanol–water partition coefficient (Wildman–Crippen LogP) is 3.04. The molecule has 0 aromatic carbocycles. The van der Waals surface area contributed by atoms with E-state index in [1.807, 2.05) is 27.7 Å². The van der Waals surface area contributed by atoms with E-state index in [0.717, 1.165) is 13.0 Å². The van der Waals surface area contributed by atoms with E-state index in [-0.39, 0.29) is 35.9 Å². The highest BCUT2D eigenvalue weighted by Gasteiger charge is 2.62. The van der Waals surface area contributed by atoms with Gasteiger partial charge in [0.1, 0.15) is 5.54 Å². The van der Waals surface area contributed by atoms with E-state index in [4.69, 9.17) is 15.2 Å². The molecule has 0 heterocycles. The lowest BCUT2D eigenvalue weighted by molar-refractivity contribution is -0.170. The largest absolute Gasteiger partial charge is 0.378 e. The monoisotopic (exact) mass is 376 g/mol. The summed E-state index contributed by atoms with van der Waals surface area (Å²) in [5.74, 6) is 0.598. The number of carbonyl (C=O) groups excluding carboxylic acids is 1. The zero-order chi connectivity index (χ0) is 17.8. The van der Waals surface area contributed by atoms with Gasteiger partial charge in [0.2, 0.25) is 5.91 Å². The number of rotatable bonds is 9. The Balaban J connectivity index is 0.00000312. The van der Waals surface area contributed by atoms with Crippen molar-refractivity contribution in [2.24, 2.45) is 17.1 Å². The van der Waals surface area contributed by atoms with Crippen LogP contribution in [0.2, 0.25) is 0 Å². The Morgan fingerprint density at radius 1 is 1.24 bits per heavy atom. The molecule has 25 heavy (non-hydrogen) atoms. The zero-order valence-electron chi connectivity index (χ0n) is 16.3. The quantitative estimate of drug-likeness (QED) is 0.648. The van der Waals surface area contributed by atoms with Crippen LogP contribution in [0.1, 0.15) is 66.2 Å². The molecule has 1 amide bonds. The van der Waals surface area contributed by atoms with Crippen molar-refractivity contribution in [3.63, 3.8) is 0 Å². The van der Waals surface area contributed by atoms with Crippen molar-refractivity contribution in [3.05, 3.63) is 0 Å². The Morgan fingerprint density at radius 3 is 2.40 bits per heavy atom. The van der Waals surface area contributed by atoms with Gasteiger partial charge in [-0.1, -0.05) is 26.7 Å². The molecule has 6 heteroatoms. The summed E-state index contributed by atoms with van der Waals surface area (Å²) >= 11 is 0. The van der Waals surface area contributed by atoms with Crippen LogP contribution in [0.25, 0.3) is 0 Å². The van der Waals surface area contributed by atoms with Gasteiger partial charge in [-0.3, -0.25) is 4.79 Å². The third kappa shape index (κ3) is 4.68. The third-order valence-electron chi connectivity index (χ3n) is 6.26. The number of ether oxygens (including phenoxy) is 2. The number of nitrogens with one attached hydrogen (secondary N) is 1. The van der Waals surface area contributed by atoms with Crippen LogP contribution in [0.3, 0.4) is 0 Å². The SMILES string of the molecule is CCOC(CCNC(=O)C1(N)CC(OCC)C1(C)C)C1CCCC1.Cl. The molecule has 3 unspecified atom stereocenters. The van der Waals surface area contributed by atoms with E-state index in [1.165, 1.54) is 25.7 Å². The van der Waals surface area contributed by atoms with Crippen LogP contribution in [0.5, 0.6) is 0 Å². The second-order valence-corrected chi connectivity index (χ2v) is 7.92. The van der Waals surface area contributed by atoms with Crippen LogP contribution in [0, 0.1) is 11.3 Å². The molecule has 0 aromatic rings. The molecule has 2 rings (SSSR count). The van der Waals surface area contributed by atoms with Crippen LogP contribution in [0.4, 0.5) is 0 Å². The molecule has 0 aliphatic heterocycles. The number of nitrogens with two attached hydrogens (primary N) is 1. The van der Waals surface area contributed by atoms with Crippen molar-refractivity contribution < 1.29 is 14.3 Å². The molecule has 2 fully saturated rings. The van der Waals surface area contributed by atoms with Gasteiger partial charge in [0.05, 0.1) is 12.2 Å². The van der Waals surface area contributed by atoms with Crippen LogP contribution in [-0.2, 0) is 14.3 Å². The Bertz CT molecular complexity index is 427. The maximum absolute atomic E-state index is 12.6. The van der Waals surface area contributed by atoms with Crippen LogP contribution >= 0.6 is 12.4 Å². The number of amides is 1. The molecule has 148 valence electrons. The fraction of sp³-hybridized carbons (Fsp3) is 0.947. The van der Waals surface area contributed by atoms with Crippen molar-refractivity contribution in [2.45, 2.75) is 84.0 Å². The van der Waals surface area contributed by atoms with Gasteiger partial charge >= 0.3 is 0 Å². The average molecular weight is 377 g/mol. The normalized spacial score (nSPS) is 29.6. The van der Waals surface area contributed by atoms with Crippen molar-refractivity contribution in [3.8, 4) is 0 Å².